The molecule has 7 heteroatoms. The third kappa shape index (κ3) is 2.66. The maximum atomic E-state index is 9.10. The molecule has 1 N–H and O–H groups in total. The number of hydrogen-bond acceptors (Lipinski definition) is 7. The molecule has 19 heavy (non-hydrogen) atoms. The molecule has 3 rings (SSSR count). The number of nitrogens with one attached hydrogen (secondary N) is 1. The van der Waals surface area contributed by atoms with Gasteiger partial charge >= 0.3 is 0 Å². The highest BCUT2D eigenvalue weighted by Crippen LogP contribution is 2.19. The van der Waals surface area contributed by atoms with Gasteiger partial charge < -0.3 is 9.84 Å². The Morgan fingerprint density at radius 2 is 2.58 bits per heavy atom. The Bertz CT molecular complexity index is 573. The van der Waals surface area contributed by atoms with Gasteiger partial charge in [0, 0.05) is 30.6 Å². The monoisotopic (exact) mass is 275 g/mol. The largest absolute Gasteiger partial charge is 0.338 e. The number of nitrogens with zero attached hydrogens (tertiary/aromatic N) is 4. The van der Waals surface area contributed by atoms with Crippen LogP contribution in [0.25, 0.3) is 11.4 Å². The van der Waals surface area contributed by atoms with Crippen molar-refractivity contribution in [2.75, 3.05) is 19.6 Å². The maximum absolute atomic E-state index is 9.10. The van der Waals surface area contributed by atoms with E-state index in [-0.39, 0.29) is 6.04 Å². The summed E-state index contributed by atoms with van der Waals surface area (Å²) in [4.78, 5) is 6.43. The predicted molar refractivity (Wildman–Crippen MR) is 70.3 cm³/mol. The molecule has 2 aromatic heterocycles. The highest BCUT2D eigenvalue weighted by atomic mass is 32.1. The summed E-state index contributed by atoms with van der Waals surface area (Å²) in [6.45, 7) is 2.90. The lowest BCUT2D eigenvalue weighted by atomic mass is 10.2. The normalized spacial score (nSPS) is 20.3. The fourth-order valence-corrected chi connectivity index (χ4v) is 2.70. The van der Waals surface area contributed by atoms with Gasteiger partial charge in [0.25, 0.3) is 0 Å². The zero-order valence-electron chi connectivity index (χ0n) is 10.2. The number of aromatic nitrogens is 2. The third-order valence-electron chi connectivity index (χ3n) is 3.09. The van der Waals surface area contributed by atoms with Crippen molar-refractivity contribution in [2.45, 2.75) is 12.6 Å². The lowest BCUT2D eigenvalue weighted by molar-refractivity contribution is 0.167. The molecule has 1 saturated heterocycles. The minimum Gasteiger partial charge on any atom is -0.338 e. The average Bonchev–Trinajstić information content (AvgIpc) is 3.09. The van der Waals surface area contributed by atoms with Gasteiger partial charge in [0.15, 0.2) is 0 Å². The molecule has 0 spiro atoms. The number of nitriles is 1. The second-order valence-corrected chi connectivity index (χ2v) is 5.12. The standard InChI is InChI=1S/C12H13N5OS/c13-5-10-6-14-2-3-17(10)7-11-15-12(16-18-11)9-1-4-19-8-9/h1,4,8,10,14H,2-3,6-7H2. The molecule has 1 atom stereocenters. The highest BCUT2D eigenvalue weighted by molar-refractivity contribution is 7.08. The molecule has 0 aliphatic carbocycles. The van der Waals surface area contributed by atoms with Gasteiger partial charge in [-0.2, -0.15) is 21.6 Å². The van der Waals surface area contributed by atoms with Crippen molar-refractivity contribution in [1.29, 1.82) is 5.26 Å². The molecule has 2 aromatic rings. The molecular formula is C12H13N5OS. The van der Waals surface area contributed by atoms with Gasteiger partial charge in [0.05, 0.1) is 12.6 Å². The molecular weight excluding hydrogens is 262 g/mol. The fourth-order valence-electron chi connectivity index (χ4n) is 2.06. The number of rotatable bonds is 3. The van der Waals surface area contributed by atoms with Crippen LogP contribution in [-0.2, 0) is 6.54 Å². The molecule has 1 aliphatic rings. The summed E-state index contributed by atoms with van der Waals surface area (Å²) < 4.78 is 5.26. The predicted octanol–water partition coefficient (Wildman–Crippen LogP) is 1.10. The van der Waals surface area contributed by atoms with Crippen LogP contribution in [0.15, 0.2) is 21.3 Å². The van der Waals surface area contributed by atoms with Crippen LogP contribution in [-0.4, -0.2) is 40.7 Å². The quantitative estimate of drug-likeness (QED) is 0.903. The van der Waals surface area contributed by atoms with Gasteiger partial charge in [-0.3, -0.25) is 4.90 Å². The summed E-state index contributed by atoms with van der Waals surface area (Å²) in [6, 6.07) is 4.11. The molecule has 0 amide bonds. The zero-order chi connectivity index (χ0) is 13.1. The first-order valence-electron chi connectivity index (χ1n) is 6.06. The molecule has 98 valence electrons. The summed E-state index contributed by atoms with van der Waals surface area (Å²) in [5.41, 5.74) is 0.970. The van der Waals surface area contributed by atoms with E-state index in [4.69, 9.17) is 9.78 Å². The van der Waals surface area contributed by atoms with Gasteiger partial charge in [0.2, 0.25) is 11.7 Å². The zero-order valence-corrected chi connectivity index (χ0v) is 11.1. The molecule has 1 unspecified atom stereocenters. The lowest BCUT2D eigenvalue weighted by Gasteiger charge is -2.30. The summed E-state index contributed by atoms with van der Waals surface area (Å²) in [6.07, 6.45) is 0. The van der Waals surface area contributed by atoms with Crippen LogP contribution < -0.4 is 5.32 Å². The van der Waals surface area contributed by atoms with E-state index in [2.05, 4.69) is 26.4 Å². The minimum absolute atomic E-state index is 0.134. The molecule has 0 bridgehead atoms. The van der Waals surface area contributed by atoms with Gasteiger partial charge in [0.1, 0.15) is 6.04 Å². The van der Waals surface area contributed by atoms with Crippen LogP contribution in [0.5, 0.6) is 0 Å². The van der Waals surface area contributed by atoms with E-state index in [0.717, 1.165) is 18.7 Å². The molecule has 1 aliphatic heterocycles. The van der Waals surface area contributed by atoms with Crippen molar-refractivity contribution in [3.05, 3.63) is 22.7 Å². The maximum Gasteiger partial charge on any atom is 0.241 e. The van der Waals surface area contributed by atoms with E-state index >= 15 is 0 Å². The highest BCUT2D eigenvalue weighted by Gasteiger charge is 2.23. The van der Waals surface area contributed by atoms with Crippen LogP contribution in [0.2, 0.25) is 0 Å². The van der Waals surface area contributed by atoms with Crippen LogP contribution in [0.1, 0.15) is 5.89 Å². The van der Waals surface area contributed by atoms with Gasteiger partial charge in [-0.15, -0.1) is 0 Å². The van der Waals surface area contributed by atoms with E-state index in [9.17, 15) is 0 Å². The van der Waals surface area contributed by atoms with Gasteiger partial charge in [-0.25, -0.2) is 0 Å². The van der Waals surface area contributed by atoms with Crippen molar-refractivity contribution in [1.82, 2.24) is 20.4 Å². The Morgan fingerprint density at radius 1 is 1.63 bits per heavy atom. The van der Waals surface area contributed by atoms with Gasteiger partial charge in [-0.1, -0.05) is 5.16 Å². The summed E-state index contributed by atoms with van der Waals surface area (Å²) in [5, 5.41) is 20.2. The number of piperazine rings is 1. The van der Waals surface area contributed by atoms with Crippen LogP contribution >= 0.6 is 11.3 Å². The van der Waals surface area contributed by atoms with Crippen molar-refractivity contribution < 1.29 is 4.52 Å². The first-order chi connectivity index (χ1) is 9.36. The third-order valence-corrected chi connectivity index (χ3v) is 3.77. The van der Waals surface area contributed by atoms with Crippen molar-refractivity contribution in [3.8, 4) is 17.5 Å². The number of hydrogen-bond donors (Lipinski definition) is 1. The molecule has 0 radical (unpaired) electrons. The second kappa shape index (κ2) is 5.48. The average molecular weight is 275 g/mol. The topological polar surface area (TPSA) is 78.0 Å². The van der Waals surface area contributed by atoms with E-state index < -0.39 is 0 Å². The molecule has 6 nitrogen and oxygen atoms in total. The fraction of sp³-hybridized carbons (Fsp3) is 0.417. The smallest absolute Gasteiger partial charge is 0.241 e. The Balaban J connectivity index is 1.72. The summed E-state index contributed by atoms with van der Waals surface area (Å²) >= 11 is 1.60. The van der Waals surface area contributed by atoms with Crippen molar-refractivity contribution in [2.24, 2.45) is 0 Å². The molecule has 1 fully saturated rings. The van der Waals surface area contributed by atoms with E-state index in [1.807, 2.05) is 16.8 Å². The van der Waals surface area contributed by atoms with Crippen LogP contribution in [0, 0.1) is 11.3 Å². The first kappa shape index (κ1) is 12.3. The van der Waals surface area contributed by atoms with Crippen LogP contribution in [0.4, 0.5) is 0 Å². The Kier molecular flexibility index (Phi) is 3.55. The number of thiophene rings is 1. The summed E-state index contributed by atoms with van der Waals surface area (Å²) in [5.74, 6) is 1.17. The Morgan fingerprint density at radius 3 is 3.37 bits per heavy atom. The van der Waals surface area contributed by atoms with Crippen molar-refractivity contribution >= 4 is 11.3 Å². The van der Waals surface area contributed by atoms with E-state index in [1.54, 1.807) is 11.3 Å². The van der Waals surface area contributed by atoms with Crippen molar-refractivity contribution in [3.63, 3.8) is 0 Å². The Hall–Kier alpha value is -1.75. The van der Waals surface area contributed by atoms with E-state index in [0.29, 0.717) is 24.8 Å². The molecule has 3 heterocycles. The summed E-state index contributed by atoms with van der Waals surface area (Å²) in [7, 11) is 0. The van der Waals surface area contributed by atoms with E-state index in [1.165, 1.54) is 0 Å². The van der Waals surface area contributed by atoms with Gasteiger partial charge in [-0.05, 0) is 11.4 Å². The SMILES string of the molecule is N#CC1CNCCN1Cc1nc(-c2ccsc2)no1. The first-order valence-corrected chi connectivity index (χ1v) is 7.00. The minimum atomic E-state index is -0.134. The van der Waals surface area contributed by atoms with Crippen LogP contribution in [0.3, 0.4) is 0 Å². The molecule has 0 saturated carbocycles. The lowest BCUT2D eigenvalue weighted by Crippen LogP contribution is -2.50. The molecule has 0 aromatic carbocycles. The second-order valence-electron chi connectivity index (χ2n) is 4.34. The Labute approximate surface area is 114 Å².